The van der Waals surface area contributed by atoms with E-state index in [0.717, 1.165) is 22.3 Å². The Balaban J connectivity index is 1.50. The predicted molar refractivity (Wildman–Crippen MR) is 125 cm³/mol. The summed E-state index contributed by atoms with van der Waals surface area (Å²) in [5.74, 6) is 0.757. The van der Waals surface area contributed by atoms with Crippen molar-refractivity contribution in [1.29, 1.82) is 0 Å². The van der Waals surface area contributed by atoms with Gasteiger partial charge in [-0.15, -0.1) is 11.8 Å². The lowest BCUT2D eigenvalue weighted by molar-refractivity contribution is -0.113. The molecular weight excluding hydrogens is 416 g/mol. The van der Waals surface area contributed by atoms with Crippen LogP contribution < -0.4 is 10.1 Å². The van der Waals surface area contributed by atoms with Gasteiger partial charge in [-0.1, -0.05) is 60.1 Å². The molecule has 0 fully saturated rings. The van der Waals surface area contributed by atoms with Gasteiger partial charge in [0.05, 0.1) is 18.6 Å². The molecule has 0 bridgehead atoms. The highest BCUT2D eigenvalue weighted by Gasteiger charge is 2.13. The monoisotopic (exact) mass is 436 g/mol. The van der Waals surface area contributed by atoms with Crippen LogP contribution in [0.3, 0.4) is 0 Å². The van der Waals surface area contributed by atoms with E-state index in [2.05, 4.69) is 40.3 Å². The van der Waals surface area contributed by atoms with E-state index in [1.165, 1.54) is 17.3 Å². The average Bonchev–Trinajstić information content (AvgIpc) is 3.11. The van der Waals surface area contributed by atoms with Crippen LogP contribution in [0.15, 0.2) is 83.9 Å². The van der Waals surface area contributed by atoms with Gasteiger partial charge in [0.1, 0.15) is 5.75 Å². The van der Waals surface area contributed by atoms with Gasteiger partial charge in [0, 0.05) is 33.6 Å². The molecule has 1 amide bonds. The number of carbonyl (C=O) groups excluding carboxylic acids is 1. The number of methoxy groups -OCH3 is 1. The molecule has 0 spiro atoms. The first-order chi connectivity index (χ1) is 14.6. The quantitative estimate of drug-likeness (QED) is 0.357. The number of benzene rings is 3. The Morgan fingerprint density at radius 3 is 2.63 bits per heavy atom. The minimum absolute atomic E-state index is 0.111. The van der Waals surface area contributed by atoms with Gasteiger partial charge < -0.3 is 14.6 Å². The van der Waals surface area contributed by atoms with Gasteiger partial charge in [0.25, 0.3) is 0 Å². The number of carbonyl (C=O) groups is 1. The SMILES string of the molecule is COc1ccc(Cl)cc1NC(=O)CSc1cn(Cc2ccccc2)c2ccccc12. The van der Waals surface area contributed by atoms with Gasteiger partial charge in [-0.2, -0.15) is 0 Å². The summed E-state index contributed by atoms with van der Waals surface area (Å²) in [5.41, 5.74) is 2.96. The fourth-order valence-corrected chi connectivity index (χ4v) is 4.41. The van der Waals surface area contributed by atoms with Crippen molar-refractivity contribution in [2.45, 2.75) is 11.4 Å². The number of rotatable bonds is 7. The molecule has 1 heterocycles. The second-order valence-electron chi connectivity index (χ2n) is 6.81. The maximum atomic E-state index is 12.6. The number of ether oxygens (including phenoxy) is 1. The van der Waals surface area contributed by atoms with Crippen LogP contribution in [-0.4, -0.2) is 23.3 Å². The summed E-state index contributed by atoms with van der Waals surface area (Å²) < 4.78 is 7.53. The van der Waals surface area contributed by atoms with Crippen LogP contribution in [0, 0.1) is 0 Å². The van der Waals surface area contributed by atoms with E-state index in [4.69, 9.17) is 16.3 Å². The first kappa shape index (κ1) is 20.4. The normalized spacial score (nSPS) is 10.9. The molecule has 3 aromatic carbocycles. The molecule has 1 aromatic heterocycles. The number of thioether (sulfide) groups is 1. The molecule has 4 rings (SSSR count). The van der Waals surface area contributed by atoms with Crippen molar-refractivity contribution in [3.8, 4) is 5.75 Å². The Bertz CT molecular complexity index is 1170. The number of hydrogen-bond donors (Lipinski definition) is 1. The number of nitrogens with one attached hydrogen (secondary N) is 1. The molecule has 4 nitrogen and oxygen atoms in total. The van der Waals surface area contributed by atoms with E-state index in [1.54, 1.807) is 25.3 Å². The third-order valence-corrected chi connectivity index (χ3v) is 6.02. The summed E-state index contributed by atoms with van der Waals surface area (Å²) in [5, 5.41) is 4.58. The summed E-state index contributed by atoms with van der Waals surface area (Å²) in [4.78, 5) is 13.6. The van der Waals surface area contributed by atoms with Crippen LogP contribution in [0.25, 0.3) is 10.9 Å². The molecule has 0 unspecified atom stereocenters. The van der Waals surface area contributed by atoms with Crippen molar-refractivity contribution in [3.63, 3.8) is 0 Å². The first-order valence-corrected chi connectivity index (χ1v) is 10.9. The Morgan fingerprint density at radius 2 is 1.83 bits per heavy atom. The second kappa shape index (κ2) is 9.28. The summed E-state index contributed by atoms with van der Waals surface area (Å²) in [7, 11) is 1.56. The largest absolute Gasteiger partial charge is 0.495 e. The van der Waals surface area contributed by atoms with E-state index in [0.29, 0.717) is 16.5 Å². The van der Waals surface area contributed by atoms with E-state index in [-0.39, 0.29) is 11.7 Å². The summed E-state index contributed by atoms with van der Waals surface area (Å²) >= 11 is 7.57. The van der Waals surface area contributed by atoms with Gasteiger partial charge in [0.15, 0.2) is 0 Å². The van der Waals surface area contributed by atoms with Gasteiger partial charge in [0.2, 0.25) is 5.91 Å². The number of fused-ring (bicyclic) bond motifs is 1. The minimum atomic E-state index is -0.111. The van der Waals surface area contributed by atoms with Crippen molar-refractivity contribution in [2.24, 2.45) is 0 Å². The molecule has 4 aromatic rings. The van der Waals surface area contributed by atoms with Crippen LogP contribution in [0.5, 0.6) is 5.75 Å². The van der Waals surface area contributed by atoms with E-state index < -0.39 is 0 Å². The molecule has 1 N–H and O–H groups in total. The molecule has 0 aliphatic heterocycles. The van der Waals surface area contributed by atoms with Gasteiger partial charge >= 0.3 is 0 Å². The molecule has 0 aliphatic rings. The maximum absolute atomic E-state index is 12.6. The Morgan fingerprint density at radius 1 is 1.07 bits per heavy atom. The number of anilines is 1. The lowest BCUT2D eigenvalue weighted by atomic mass is 10.2. The molecular formula is C24H21ClN2O2S. The lowest BCUT2D eigenvalue weighted by Gasteiger charge is -2.10. The van der Waals surface area contributed by atoms with Gasteiger partial charge in [-0.3, -0.25) is 4.79 Å². The summed E-state index contributed by atoms with van der Waals surface area (Å²) in [6.45, 7) is 0.786. The van der Waals surface area contributed by atoms with Crippen LogP contribution in [-0.2, 0) is 11.3 Å². The van der Waals surface area contributed by atoms with E-state index >= 15 is 0 Å². The highest BCUT2D eigenvalue weighted by molar-refractivity contribution is 8.00. The predicted octanol–water partition coefficient (Wildman–Crippen LogP) is 6.08. The molecule has 152 valence electrons. The Kier molecular flexibility index (Phi) is 6.31. The highest BCUT2D eigenvalue weighted by atomic mass is 35.5. The van der Waals surface area contributed by atoms with Crippen molar-refractivity contribution in [1.82, 2.24) is 4.57 Å². The van der Waals surface area contributed by atoms with Gasteiger partial charge in [-0.05, 0) is 29.8 Å². The average molecular weight is 437 g/mol. The van der Waals surface area contributed by atoms with Crippen LogP contribution in [0.1, 0.15) is 5.56 Å². The van der Waals surface area contributed by atoms with E-state index in [9.17, 15) is 4.79 Å². The van der Waals surface area contributed by atoms with Crippen molar-refractivity contribution in [3.05, 3.63) is 89.6 Å². The fraction of sp³-hybridized carbons (Fsp3) is 0.125. The maximum Gasteiger partial charge on any atom is 0.234 e. The molecule has 0 saturated heterocycles. The Labute approximate surface area is 184 Å². The van der Waals surface area contributed by atoms with Crippen LogP contribution in [0.4, 0.5) is 5.69 Å². The fourth-order valence-electron chi connectivity index (χ4n) is 3.35. The lowest BCUT2D eigenvalue weighted by Crippen LogP contribution is -2.14. The number of aromatic nitrogens is 1. The molecule has 0 radical (unpaired) electrons. The number of nitrogens with zero attached hydrogens (tertiary/aromatic N) is 1. The Hall–Kier alpha value is -2.89. The van der Waals surface area contributed by atoms with Gasteiger partial charge in [-0.25, -0.2) is 0 Å². The third kappa shape index (κ3) is 4.64. The standard InChI is InChI=1S/C24H21ClN2O2S/c1-29-22-12-11-18(25)13-20(22)26-24(28)16-30-23-15-27(14-17-7-3-2-4-8-17)21-10-6-5-9-19(21)23/h2-13,15H,14,16H2,1H3,(H,26,28). The zero-order chi connectivity index (χ0) is 20.9. The van der Waals surface area contributed by atoms with Crippen molar-refractivity contribution < 1.29 is 9.53 Å². The topological polar surface area (TPSA) is 43.3 Å². The number of amides is 1. The smallest absolute Gasteiger partial charge is 0.234 e. The molecule has 30 heavy (non-hydrogen) atoms. The van der Waals surface area contributed by atoms with Crippen molar-refractivity contribution >= 4 is 45.9 Å². The second-order valence-corrected chi connectivity index (χ2v) is 8.26. The number of halogens is 1. The number of para-hydroxylation sites is 1. The zero-order valence-corrected chi connectivity index (χ0v) is 18.0. The van der Waals surface area contributed by atoms with Crippen LogP contribution >= 0.6 is 23.4 Å². The molecule has 0 saturated carbocycles. The zero-order valence-electron chi connectivity index (χ0n) is 16.5. The molecule has 0 atom stereocenters. The highest BCUT2D eigenvalue weighted by Crippen LogP contribution is 2.32. The first-order valence-electron chi connectivity index (χ1n) is 9.52. The van der Waals surface area contributed by atoms with E-state index in [1.807, 2.05) is 30.3 Å². The third-order valence-electron chi connectivity index (χ3n) is 4.74. The minimum Gasteiger partial charge on any atom is -0.495 e. The van der Waals surface area contributed by atoms with Crippen LogP contribution in [0.2, 0.25) is 5.02 Å². The molecule has 6 heteroatoms. The number of hydrogen-bond acceptors (Lipinski definition) is 3. The molecule has 0 aliphatic carbocycles. The summed E-state index contributed by atoms with van der Waals surface area (Å²) in [6, 6.07) is 23.8. The van der Waals surface area contributed by atoms with Crippen molar-refractivity contribution in [2.75, 3.05) is 18.2 Å². The summed E-state index contributed by atoms with van der Waals surface area (Å²) in [6.07, 6.45) is 2.12.